The van der Waals surface area contributed by atoms with E-state index in [1.807, 2.05) is 0 Å². The molecule has 0 radical (unpaired) electrons. The summed E-state index contributed by atoms with van der Waals surface area (Å²) in [5.74, 6) is 0.0559. The highest BCUT2D eigenvalue weighted by Crippen LogP contribution is 2.17. The van der Waals surface area contributed by atoms with Crippen molar-refractivity contribution in [3.63, 3.8) is 0 Å². The van der Waals surface area contributed by atoms with Gasteiger partial charge in [-0.05, 0) is 12.1 Å². The summed E-state index contributed by atoms with van der Waals surface area (Å²) in [4.78, 5) is 11.4. The van der Waals surface area contributed by atoms with Crippen LogP contribution in [0.1, 0.15) is 0 Å². The Bertz CT molecular complexity index is 521. The van der Waals surface area contributed by atoms with Crippen molar-refractivity contribution in [1.82, 2.24) is 0 Å². The van der Waals surface area contributed by atoms with Crippen LogP contribution < -0.4 is 11.2 Å². The highest BCUT2D eigenvalue weighted by atomic mass is 35.5. The number of nitrogens with two attached hydrogens (primary N) is 1. The second kappa shape index (κ2) is 3.59. The molecule has 74 valence electrons. The number of rotatable bonds is 0. The summed E-state index contributed by atoms with van der Waals surface area (Å²) in [5, 5.41) is 9.47. The predicted molar refractivity (Wildman–Crippen MR) is 55.8 cm³/mol. The zero-order chi connectivity index (χ0) is 9.42. The summed E-state index contributed by atoms with van der Waals surface area (Å²) in [6, 6.07) is 4.27. The molecule has 0 saturated heterocycles. The van der Waals surface area contributed by atoms with Crippen LogP contribution in [0.2, 0.25) is 0 Å². The fourth-order valence-electron chi connectivity index (χ4n) is 1.13. The molecule has 1 aromatic carbocycles. The third-order valence-electron chi connectivity index (χ3n) is 1.78. The normalized spacial score (nSPS) is 9.71. The van der Waals surface area contributed by atoms with Crippen molar-refractivity contribution in [2.24, 2.45) is 0 Å². The van der Waals surface area contributed by atoms with Gasteiger partial charge in [-0.1, -0.05) is 0 Å². The maximum Gasteiger partial charge on any atom is 0.215 e. The van der Waals surface area contributed by atoms with Gasteiger partial charge in [0.2, 0.25) is 5.43 Å². The number of phenolic OH excluding ortho intramolecular Hbond substituents is 1. The molecule has 0 atom stereocenters. The lowest BCUT2D eigenvalue weighted by molar-refractivity contribution is 0.474. The third-order valence-corrected chi connectivity index (χ3v) is 1.78. The van der Waals surface area contributed by atoms with Crippen molar-refractivity contribution < 1.29 is 9.52 Å². The second-order valence-electron chi connectivity index (χ2n) is 2.70. The van der Waals surface area contributed by atoms with E-state index in [0.717, 1.165) is 0 Å². The van der Waals surface area contributed by atoms with Crippen LogP contribution in [-0.2, 0) is 0 Å². The maximum absolute atomic E-state index is 11.4. The first-order valence-electron chi connectivity index (χ1n) is 3.68. The molecule has 0 aliphatic rings. The van der Waals surface area contributed by atoms with Gasteiger partial charge in [0.05, 0.1) is 5.39 Å². The van der Waals surface area contributed by atoms with E-state index in [1.54, 1.807) is 0 Å². The molecule has 1 aromatic heterocycles. The fourth-order valence-corrected chi connectivity index (χ4v) is 1.13. The highest BCUT2D eigenvalue weighted by molar-refractivity contribution is 5.85. The molecule has 0 aliphatic carbocycles. The lowest BCUT2D eigenvalue weighted by Crippen LogP contribution is -2.06. The van der Waals surface area contributed by atoms with Crippen molar-refractivity contribution in [3.05, 3.63) is 34.7 Å². The van der Waals surface area contributed by atoms with Gasteiger partial charge >= 0.3 is 0 Å². The lowest BCUT2D eigenvalue weighted by atomic mass is 10.2. The van der Waals surface area contributed by atoms with Crippen LogP contribution >= 0.6 is 12.4 Å². The lowest BCUT2D eigenvalue weighted by Gasteiger charge is -1.97. The summed E-state index contributed by atoms with van der Waals surface area (Å²) in [5.41, 5.74) is 5.48. The smallest absolute Gasteiger partial charge is 0.215 e. The number of nitrogen functional groups attached to an aromatic ring is 1. The van der Waals surface area contributed by atoms with Crippen molar-refractivity contribution in [2.75, 3.05) is 5.73 Å². The molecule has 0 spiro atoms. The van der Waals surface area contributed by atoms with Gasteiger partial charge in [-0.3, -0.25) is 4.79 Å². The SMILES string of the molecule is Cl.Nc1coc2cc(O)ccc2c1=O. The molecule has 4 nitrogen and oxygen atoms in total. The molecule has 0 aliphatic heterocycles. The highest BCUT2D eigenvalue weighted by Gasteiger charge is 2.03. The van der Waals surface area contributed by atoms with Crippen molar-refractivity contribution in [2.45, 2.75) is 0 Å². The Kier molecular flexibility index (Phi) is 2.67. The van der Waals surface area contributed by atoms with E-state index in [9.17, 15) is 4.79 Å². The number of phenols is 1. The number of fused-ring (bicyclic) bond motifs is 1. The molecule has 2 rings (SSSR count). The first-order valence-corrected chi connectivity index (χ1v) is 3.68. The van der Waals surface area contributed by atoms with Crippen LogP contribution in [0.4, 0.5) is 5.69 Å². The Morgan fingerprint density at radius 1 is 1.36 bits per heavy atom. The molecule has 1 heterocycles. The molecule has 3 N–H and O–H groups in total. The quantitative estimate of drug-likeness (QED) is 0.695. The molecular formula is C9H8ClNO3. The molecule has 0 fully saturated rings. The second-order valence-corrected chi connectivity index (χ2v) is 2.70. The minimum atomic E-state index is -0.277. The average molecular weight is 214 g/mol. The van der Waals surface area contributed by atoms with Gasteiger partial charge in [0.1, 0.15) is 23.3 Å². The summed E-state index contributed by atoms with van der Waals surface area (Å²) < 4.78 is 5.02. The average Bonchev–Trinajstić information content (AvgIpc) is 2.12. The largest absolute Gasteiger partial charge is 0.508 e. The molecule has 0 unspecified atom stereocenters. The summed E-state index contributed by atoms with van der Waals surface area (Å²) >= 11 is 0. The van der Waals surface area contributed by atoms with E-state index < -0.39 is 0 Å². The van der Waals surface area contributed by atoms with Gasteiger partial charge in [-0.25, -0.2) is 0 Å². The summed E-state index contributed by atoms with van der Waals surface area (Å²) in [6.07, 6.45) is 1.17. The zero-order valence-corrected chi connectivity index (χ0v) is 7.88. The van der Waals surface area contributed by atoms with Gasteiger partial charge in [0.25, 0.3) is 0 Å². The van der Waals surface area contributed by atoms with Gasteiger partial charge in [-0.2, -0.15) is 0 Å². The molecular weight excluding hydrogens is 206 g/mol. The predicted octanol–water partition coefficient (Wildman–Crippen LogP) is 1.50. The molecule has 14 heavy (non-hydrogen) atoms. The number of hydrogen-bond donors (Lipinski definition) is 2. The van der Waals surface area contributed by atoms with Gasteiger partial charge in [0.15, 0.2) is 0 Å². The maximum atomic E-state index is 11.4. The zero-order valence-electron chi connectivity index (χ0n) is 7.06. The Morgan fingerprint density at radius 2 is 2.07 bits per heavy atom. The molecule has 5 heteroatoms. The Labute approximate surface area is 85.4 Å². The Hall–Kier alpha value is -1.68. The topological polar surface area (TPSA) is 76.5 Å². The number of hydrogen-bond acceptors (Lipinski definition) is 4. The van der Waals surface area contributed by atoms with Gasteiger partial charge < -0.3 is 15.3 Å². The monoisotopic (exact) mass is 213 g/mol. The van der Waals surface area contributed by atoms with Crippen LogP contribution in [0.25, 0.3) is 11.0 Å². The minimum absolute atomic E-state index is 0. The molecule has 0 saturated carbocycles. The Morgan fingerprint density at radius 3 is 2.79 bits per heavy atom. The van der Waals surface area contributed by atoms with Crippen LogP contribution in [-0.4, -0.2) is 5.11 Å². The number of halogens is 1. The van der Waals surface area contributed by atoms with E-state index in [1.165, 1.54) is 24.5 Å². The van der Waals surface area contributed by atoms with Crippen LogP contribution in [0.3, 0.4) is 0 Å². The van der Waals surface area contributed by atoms with Crippen molar-refractivity contribution in [1.29, 1.82) is 0 Å². The van der Waals surface area contributed by atoms with E-state index in [0.29, 0.717) is 11.0 Å². The van der Waals surface area contributed by atoms with Crippen LogP contribution in [0.15, 0.2) is 33.7 Å². The standard InChI is InChI=1S/C9H7NO3.ClH/c10-7-4-13-8-3-5(11)1-2-6(8)9(7)12;/h1-4,11H,10H2;1H. The van der Waals surface area contributed by atoms with E-state index in [-0.39, 0.29) is 29.3 Å². The molecule has 2 aromatic rings. The van der Waals surface area contributed by atoms with Crippen LogP contribution in [0.5, 0.6) is 5.75 Å². The van der Waals surface area contributed by atoms with Crippen LogP contribution in [0, 0.1) is 0 Å². The van der Waals surface area contributed by atoms with E-state index in [2.05, 4.69) is 0 Å². The number of aromatic hydroxyl groups is 1. The Balaban J connectivity index is 0.000000980. The minimum Gasteiger partial charge on any atom is -0.508 e. The van der Waals surface area contributed by atoms with E-state index >= 15 is 0 Å². The van der Waals surface area contributed by atoms with Crippen molar-refractivity contribution >= 4 is 29.1 Å². The first kappa shape index (κ1) is 10.4. The van der Waals surface area contributed by atoms with E-state index in [4.69, 9.17) is 15.3 Å². The number of anilines is 1. The summed E-state index contributed by atoms with van der Waals surface area (Å²) in [6.45, 7) is 0. The summed E-state index contributed by atoms with van der Waals surface area (Å²) in [7, 11) is 0. The third kappa shape index (κ3) is 1.52. The molecule has 0 bridgehead atoms. The van der Waals surface area contributed by atoms with Gasteiger partial charge in [-0.15, -0.1) is 12.4 Å². The first-order chi connectivity index (χ1) is 6.18. The van der Waals surface area contributed by atoms with Crippen molar-refractivity contribution in [3.8, 4) is 5.75 Å². The fraction of sp³-hybridized carbons (Fsp3) is 0. The molecule has 0 amide bonds. The van der Waals surface area contributed by atoms with Gasteiger partial charge in [0, 0.05) is 6.07 Å². The number of benzene rings is 1.